The van der Waals surface area contributed by atoms with Gasteiger partial charge in [0.15, 0.2) is 0 Å². The maximum absolute atomic E-state index is 11.3. The zero-order valence-electron chi connectivity index (χ0n) is 21.8. The fourth-order valence-electron chi connectivity index (χ4n) is 4.91. The van der Waals surface area contributed by atoms with Crippen LogP contribution in [0.3, 0.4) is 0 Å². The largest absolute Gasteiger partial charge is 0.494 e. The quantitative estimate of drug-likeness (QED) is 0.288. The number of benzene rings is 1. The molecule has 0 spiro atoms. The topological polar surface area (TPSA) is 134 Å². The van der Waals surface area contributed by atoms with Gasteiger partial charge in [-0.15, -0.1) is 0 Å². The number of nitrogens with one attached hydrogen (secondary N) is 1. The maximum atomic E-state index is 11.3. The first-order chi connectivity index (χ1) is 17.3. The van der Waals surface area contributed by atoms with Crippen molar-refractivity contribution >= 4 is 17.7 Å². The van der Waals surface area contributed by atoms with E-state index in [2.05, 4.69) is 35.2 Å². The molecule has 1 fully saturated rings. The second-order valence-electron chi connectivity index (χ2n) is 9.64. The molecule has 3 rings (SSSR count). The van der Waals surface area contributed by atoms with E-state index in [4.69, 9.17) is 10.5 Å². The predicted molar refractivity (Wildman–Crippen MR) is 142 cm³/mol. The van der Waals surface area contributed by atoms with Gasteiger partial charge in [0.25, 0.3) is 0 Å². The minimum atomic E-state index is -0.728. The van der Waals surface area contributed by atoms with Crippen LogP contribution in [0.5, 0.6) is 5.75 Å². The SMILES string of the molecule is CCC[C@@H](CCO)Nc1nc(N)nc(C)c1Cc1ccc(OCCCN2CCC[C@H]2C(=O)O)cc1C. The third-order valence-corrected chi connectivity index (χ3v) is 6.88. The van der Waals surface area contributed by atoms with Crippen molar-refractivity contribution in [3.05, 3.63) is 40.6 Å². The summed E-state index contributed by atoms with van der Waals surface area (Å²) in [5, 5.41) is 22.3. The van der Waals surface area contributed by atoms with Gasteiger partial charge < -0.3 is 26.0 Å². The molecule has 36 heavy (non-hydrogen) atoms. The van der Waals surface area contributed by atoms with Gasteiger partial charge in [0, 0.05) is 36.9 Å². The molecule has 0 amide bonds. The molecule has 198 valence electrons. The number of aryl methyl sites for hydroxylation is 2. The van der Waals surface area contributed by atoms with Gasteiger partial charge in [0.2, 0.25) is 5.95 Å². The van der Waals surface area contributed by atoms with Crippen LogP contribution in [0.1, 0.15) is 67.8 Å². The number of nitrogens with two attached hydrogens (primary N) is 1. The molecule has 1 aliphatic rings. The Morgan fingerprint density at radius 2 is 2.11 bits per heavy atom. The van der Waals surface area contributed by atoms with E-state index in [-0.39, 0.29) is 24.6 Å². The van der Waals surface area contributed by atoms with E-state index in [1.807, 2.05) is 24.0 Å². The lowest BCUT2D eigenvalue weighted by atomic mass is 9.99. The van der Waals surface area contributed by atoms with Crippen molar-refractivity contribution in [1.82, 2.24) is 14.9 Å². The Morgan fingerprint density at radius 1 is 1.31 bits per heavy atom. The van der Waals surface area contributed by atoms with Crippen LogP contribution in [0.25, 0.3) is 0 Å². The lowest BCUT2D eigenvalue weighted by molar-refractivity contribution is -0.142. The Labute approximate surface area is 214 Å². The van der Waals surface area contributed by atoms with Gasteiger partial charge in [-0.25, -0.2) is 4.98 Å². The molecular weight excluding hydrogens is 458 g/mol. The Morgan fingerprint density at radius 3 is 2.81 bits per heavy atom. The molecule has 1 aromatic carbocycles. The van der Waals surface area contributed by atoms with Crippen LogP contribution < -0.4 is 15.8 Å². The van der Waals surface area contributed by atoms with E-state index in [0.717, 1.165) is 79.1 Å². The number of carbonyl (C=O) groups is 1. The summed E-state index contributed by atoms with van der Waals surface area (Å²) >= 11 is 0. The van der Waals surface area contributed by atoms with E-state index in [1.165, 1.54) is 0 Å². The number of rotatable bonds is 14. The summed E-state index contributed by atoms with van der Waals surface area (Å²) < 4.78 is 5.97. The number of aliphatic hydroxyl groups is 1. The summed E-state index contributed by atoms with van der Waals surface area (Å²) in [6.07, 6.45) is 5.70. The summed E-state index contributed by atoms with van der Waals surface area (Å²) in [5.74, 6) is 1.05. The van der Waals surface area contributed by atoms with Crippen LogP contribution in [0.15, 0.2) is 18.2 Å². The zero-order chi connectivity index (χ0) is 26.1. The molecule has 2 aromatic rings. The van der Waals surface area contributed by atoms with Crippen LogP contribution in [0, 0.1) is 13.8 Å². The molecule has 9 nitrogen and oxygen atoms in total. The average molecular weight is 500 g/mol. The lowest BCUT2D eigenvalue weighted by Gasteiger charge is -2.21. The fraction of sp³-hybridized carbons (Fsp3) is 0.593. The van der Waals surface area contributed by atoms with E-state index in [0.29, 0.717) is 19.4 Å². The Kier molecular flexibility index (Phi) is 10.3. The van der Waals surface area contributed by atoms with Gasteiger partial charge in [0.1, 0.15) is 17.6 Å². The van der Waals surface area contributed by atoms with Gasteiger partial charge in [-0.1, -0.05) is 19.4 Å². The number of anilines is 2. The van der Waals surface area contributed by atoms with Crippen molar-refractivity contribution in [2.75, 3.05) is 37.4 Å². The van der Waals surface area contributed by atoms with Gasteiger partial charge in [-0.2, -0.15) is 4.98 Å². The van der Waals surface area contributed by atoms with Crippen LogP contribution in [-0.4, -0.2) is 69.4 Å². The monoisotopic (exact) mass is 499 g/mol. The number of hydrogen-bond donors (Lipinski definition) is 4. The van der Waals surface area contributed by atoms with Crippen LogP contribution >= 0.6 is 0 Å². The molecular formula is C27H41N5O4. The first-order valence-corrected chi connectivity index (χ1v) is 13.0. The molecule has 0 unspecified atom stereocenters. The first-order valence-electron chi connectivity index (χ1n) is 13.0. The minimum Gasteiger partial charge on any atom is -0.494 e. The van der Waals surface area contributed by atoms with Crippen LogP contribution in [0.4, 0.5) is 11.8 Å². The average Bonchev–Trinajstić information content (AvgIpc) is 3.29. The summed E-state index contributed by atoms with van der Waals surface area (Å²) in [7, 11) is 0. The number of hydrogen-bond acceptors (Lipinski definition) is 8. The van der Waals surface area contributed by atoms with Gasteiger partial charge >= 0.3 is 5.97 Å². The highest BCUT2D eigenvalue weighted by atomic mass is 16.5. The molecule has 2 atom stereocenters. The highest BCUT2D eigenvalue weighted by Crippen LogP contribution is 2.26. The van der Waals surface area contributed by atoms with Crippen molar-refractivity contribution in [3.8, 4) is 5.75 Å². The normalized spacial score (nSPS) is 16.7. The second kappa shape index (κ2) is 13.4. The standard InChI is InChI=1S/C27H41N5O4/c1-4-7-21(11-14-33)30-25-23(19(3)29-27(28)31-25)17-20-9-10-22(16-18(20)2)36-15-6-13-32-12-5-8-24(32)26(34)35/h9-10,16,21,24,33H,4-8,11-15,17H2,1-3H3,(H,34,35)(H3,28,29,30,31)/t21-,24-/m0/s1. The number of aliphatic hydroxyl groups excluding tert-OH is 1. The van der Waals surface area contributed by atoms with E-state index < -0.39 is 5.97 Å². The molecule has 0 aliphatic carbocycles. The summed E-state index contributed by atoms with van der Waals surface area (Å²) in [4.78, 5) is 22.2. The molecule has 5 N–H and O–H groups in total. The third-order valence-electron chi connectivity index (χ3n) is 6.88. The smallest absolute Gasteiger partial charge is 0.320 e. The molecule has 1 aliphatic heterocycles. The first kappa shape index (κ1) is 27.7. The number of ether oxygens (including phenoxy) is 1. The third kappa shape index (κ3) is 7.54. The number of aromatic nitrogens is 2. The Balaban J connectivity index is 1.63. The second-order valence-corrected chi connectivity index (χ2v) is 9.64. The van der Waals surface area contributed by atoms with E-state index in [9.17, 15) is 15.0 Å². The Bertz CT molecular complexity index is 1010. The number of likely N-dealkylation sites (tertiary alicyclic amines) is 1. The van der Waals surface area contributed by atoms with Crippen LogP contribution in [-0.2, 0) is 11.2 Å². The molecule has 9 heteroatoms. The van der Waals surface area contributed by atoms with Crippen molar-refractivity contribution < 1.29 is 19.7 Å². The number of nitrogen functional groups attached to an aromatic ring is 1. The molecule has 0 saturated carbocycles. The van der Waals surface area contributed by atoms with Gasteiger partial charge in [-0.05, 0) is 75.8 Å². The number of nitrogens with zero attached hydrogens (tertiary/aromatic N) is 3. The maximum Gasteiger partial charge on any atom is 0.320 e. The zero-order valence-corrected chi connectivity index (χ0v) is 21.8. The lowest BCUT2D eigenvalue weighted by Crippen LogP contribution is -2.36. The van der Waals surface area contributed by atoms with Crippen molar-refractivity contribution in [3.63, 3.8) is 0 Å². The van der Waals surface area contributed by atoms with Crippen molar-refractivity contribution in [1.29, 1.82) is 0 Å². The Hall–Kier alpha value is -2.91. The highest BCUT2D eigenvalue weighted by Gasteiger charge is 2.29. The molecule has 0 radical (unpaired) electrons. The molecule has 1 aromatic heterocycles. The highest BCUT2D eigenvalue weighted by molar-refractivity contribution is 5.73. The number of aliphatic carboxylic acids is 1. The van der Waals surface area contributed by atoms with E-state index in [1.54, 1.807) is 0 Å². The molecule has 0 bridgehead atoms. The van der Waals surface area contributed by atoms with Crippen molar-refractivity contribution in [2.45, 2.75) is 77.8 Å². The fourth-order valence-corrected chi connectivity index (χ4v) is 4.91. The van der Waals surface area contributed by atoms with Crippen molar-refractivity contribution in [2.24, 2.45) is 0 Å². The van der Waals surface area contributed by atoms with E-state index >= 15 is 0 Å². The summed E-state index contributed by atoms with van der Waals surface area (Å²) in [6, 6.07) is 5.85. The predicted octanol–water partition coefficient (Wildman–Crippen LogP) is 3.55. The van der Waals surface area contributed by atoms with Crippen LogP contribution in [0.2, 0.25) is 0 Å². The minimum absolute atomic E-state index is 0.116. The van der Waals surface area contributed by atoms with Gasteiger partial charge in [-0.3, -0.25) is 9.69 Å². The summed E-state index contributed by atoms with van der Waals surface area (Å²) in [5.41, 5.74) is 10.1. The number of carboxylic acids is 1. The molecule has 1 saturated heterocycles. The summed E-state index contributed by atoms with van der Waals surface area (Å²) in [6.45, 7) is 8.37. The van der Waals surface area contributed by atoms with Gasteiger partial charge in [0.05, 0.1) is 6.61 Å². The number of carboxylic acid groups (broad SMARTS) is 1. The molecule has 2 heterocycles.